The number of nitrogens with zero attached hydrogens (tertiary/aromatic N) is 1. The molecule has 0 fully saturated rings. The Hall–Kier alpha value is -3.22. The maximum atomic E-state index is 12.7. The van der Waals surface area contributed by atoms with E-state index in [1.807, 2.05) is 38.1 Å². The number of hydrogen-bond donors (Lipinski definition) is 2. The number of hydrogen-bond acceptors (Lipinski definition) is 4. The summed E-state index contributed by atoms with van der Waals surface area (Å²) in [7, 11) is 3.19. The van der Waals surface area contributed by atoms with Gasteiger partial charge in [-0.15, -0.1) is 0 Å². The van der Waals surface area contributed by atoms with E-state index in [0.29, 0.717) is 43.1 Å². The maximum Gasteiger partial charge on any atom is 0.317 e. The number of fused-ring (bicyclic) bond motifs is 1. The quantitative estimate of drug-likeness (QED) is 0.766. The molecule has 1 aliphatic rings. The molecule has 1 heterocycles. The summed E-state index contributed by atoms with van der Waals surface area (Å²) in [5.74, 6) is 1.09. The Bertz CT molecular complexity index is 911. The molecule has 2 aromatic rings. The molecule has 1 unspecified atom stereocenters. The fourth-order valence-electron chi connectivity index (χ4n) is 3.74. The SMILES string of the molecule is CCNC(=O)N1CCc2cc(OC)c(OC)cc2C1CNC(=O)c1ccc(C)cc1. The highest BCUT2D eigenvalue weighted by Crippen LogP contribution is 2.38. The zero-order chi connectivity index (χ0) is 21.7. The van der Waals surface area contributed by atoms with Crippen LogP contribution in [0.15, 0.2) is 36.4 Å². The van der Waals surface area contributed by atoms with Gasteiger partial charge in [0.2, 0.25) is 0 Å². The summed E-state index contributed by atoms with van der Waals surface area (Å²) in [5.41, 5.74) is 3.72. The number of nitrogens with one attached hydrogen (secondary N) is 2. The van der Waals surface area contributed by atoms with Crippen LogP contribution in [-0.2, 0) is 6.42 Å². The van der Waals surface area contributed by atoms with Crippen molar-refractivity contribution < 1.29 is 19.1 Å². The van der Waals surface area contributed by atoms with E-state index < -0.39 is 0 Å². The number of ether oxygens (including phenoxy) is 2. The molecule has 0 bridgehead atoms. The lowest BCUT2D eigenvalue weighted by molar-refractivity contribution is 0.0934. The van der Waals surface area contributed by atoms with Gasteiger partial charge in [-0.25, -0.2) is 4.79 Å². The average Bonchev–Trinajstić information content (AvgIpc) is 2.76. The van der Waals surface area contributed by atoms with Crippen molar-refractivity contribution >= 4 is 11.9 Å². The molecule has 2 aromatic carbocycles. The van der Waals surface area contributed by atoms with Crippen LogP contribution in [0.5, 0.6) is 11.5 Å². The zero-order valence-electron chi connectivity index (χ0n) is 18.0. The summed E-state index contributed by atoms with van der Waals surface area (Å²) in [4.78, 5) is 27.1. The van der Waals surface area contributed by atoms with Gasteiger partial charge >= 0.3 is 6.03 Å². The predicted molar refractivity (Wildman–Crippen MR) is 115 cm³/mol. The first-order chi connectivity index (χ1) is 14.5. The van der Waals surface area contributed by atoms with E-state index in [4.69, 9.17) is 9.47 Å². The molecule has 3 amide bonds. The van der Waals surface area contributed by atoms with Crippen molar-refractivity contribution in [3.8, 4) is 11.5 Å². The Morgan fingerprint density at radius 2 is 1.73 bits per heavy atom. The Kier molecular flexibility index (Phi) is 6.82. The van der Waals surface area contributed by atoms with Crippen LogP contribution in [0.25, 0.3) is 0 Å². The van der Waals surface area contributed by atoms with E-state index >= 15 is 0 Å². The van der Waals surface area contributed by atoms with E-state index in [0.717, 1.165) is 16.7 Å². The molecule has 30 heavy (non-hydrogen) atoms. The van der Waals surface area contributed by atoms with Crippen molar-refractivity contribution in [3.63, 3.8) is 0 Å². The highest BCUT2D eigenvalue weighted by Gasteiger charge is 2.32. The largest absolute Gasteiger partial charge is 0.493 e. The molecule has 7 nitrogen and oxygen atoms in total. The monoisotopic (exact) mass is 411 g/mol. The van der Waals surface area contributed by atoms with E-state index in [9.17, 15) is 9.59 Å². The maximum absolute atomic E-state index is 12.7. The van der Waals surface area contributed by atoms with Crippen LogP contribution in [0.1, 0.15) is 40.0 Å². The summed E-state index contributed by atoms with van der Waals surface area (Å²) in [6.07, 6.45) is 0.704. The van der Waals surface area contributed by atoms with Crippen LogP contribution < -0.4 is 20.1 Å². The van der Waals surface area contributed by atoms with Crippen LogP contribution in [0, 0.1) is 6.92 Å². The van der Waals surface area contributed by atoms with Gasteiger partial charge in [0, 0.05) is 25.2 Å². The van der Waals surface area contributed by atoms with Crippen LogP contribution in [0.3, 0.4) is 0 Å². The number of carbonyl (C=O) groups excluding carboxylic acids is 2. The van der Waals surface area contributed by atoms with E-state index in [1.54, 1.807) is 31.3 Å². The highest BCUT2D eigenvalue weighted by molar-refractivity contribution is 5.94. The number of urea groups is 1. The van der Waals surface area contributed by atoms with Gasteiger partial charge in [0.25, 0.3) is 5.91 Å². The number of methoxy groups -OCH3 is 2. The highest BCUT2D eigenvalue weighted by atomic mass is 16.5. The molecule has 0 spiro atoms. The molecule has 1 atom stereocenters. The first-order valence-corrected chi connectivity index (χ1v) is 10.1. The molecule has 0 aliphatic carbocycles. The van der Waals surface area contributed by atoms with Crippen molar-refractivity contribution in [1.82, 2.24) is 15.5 Å². The average molecular weight is 412 g/mol. The minimum absolute atomic E-state index is 0.146. The van der Waals surface area contributed by atoms with Crippen molar-refractivity contribution in [2.45, 2.75) is 26.3 Å². The molecule has 1 aliphatic heterocycles. The normalized spacial score (nSPS) is 15.2. The number of amides is 3. The lowest BCUT2D eigenvalue weighted by atomic mass is 9.91. The molecule has 160 valence electrons. The zero-order valence-corrected chi connectivity index (χ0v) is 18.0. The molecule has 3 rings (SSSR count). The van der Waals surface area contributed by atoms with Gasteiger partial charge in [-0.3, -0.25) is 4.79 Å². The Morgan fingerprint density at radius 3 is 2.37 bits per heavy atom. The van der Waals surface area contributed by atoms with Crippen LogP contribution in [0.2, 0.25) is 0 Å². The third-order valence-electron chi connectivity index (χ3n) is 5.36. The fraction of sp³-hybridized carbons (Fsp3) is 0.391. The molecule has 0 aromatic heterocycles. The van der Waals surface area contributed by atoms with Crippen molar-refractivity contribution in [2.24, 2.45) is 0 Å². The first kappa shape index (κ1) is 21.5. The lowest BCUT2D eigenvalue weighted by Gasteiger charge is -2.37. The van der Waals surface area contributed by atoms with E-state index in [-0.39, 0.29) is 18.0 Å². The van der Waals surface area contributed by atoms with Crippen LogP contribution in [0.4, 0.5) is 4.79 Å². The number of aryl methyl sites for hydroxylation is 1. The summed E-state index contributed by atoms with van der Waals surface area (Å²) in [6, 6.07) is 10.8. The Labute approximate surface area is 177 Å². The summed E-state index contributed by atoms with van der Waals surface area (Å²) < 4.78 is 10.9. The van der Waals surface area contributed by atoms with Gasteiger partial charge in [0.15, 0.2) is 11.5 Å². The minimum Gasteiger partial charge on any atom is -0.493 e. The number of rotatable bonds is 6. The molecule has 7 heteroatoms. The Balaban J connectivity index is 1.89. The summed E-state index contributed by atoms with van der Waals surface area (Å²) >= 11 is 0. The summed E-state index contributed by atoms with van der Waals surface area (Å²) in [6.45, 7) is 5.26. The predicted octanol–water partition coefficient (Wildman–Crippen LogP) is 3.07. The summed E-state index contributed by atoms with van der Waals surface area (Å²) in [5, 5.41) is 5.86. The molecule has 0 saturated heterocycles. The lowest BCUT2D eigenvalue weighted by Crippen LogP contribution is -2.49. The molecule has 0 saturated carbocycles. The third-order valence-corrected chi connectivity index (χ3v) is 5.36. The van der Waals surface area contributed by atoms with Gasteiger partial charge in [-0.1, -0.05) is 17.7 Å². The Morgan fingerprint density at radius 1 is 1.07 bits per heavy atom. The fourth-order valence-corrected chi connectivity index (χ4v) is 3.74. The van der Waals surface area contributed by atoms with Crippen molar-refractivity contribution in [2.75, 3.05) is 33.9 Å². The van der Waals surface area contributed by atoms with E-state index in [1.165, 1.54) is 0 Å². The van der Waals surface area contributed by atoms with Gasteiger partial charge in [-0.05, 0) is 55.7 Å². The second kappa shape index (κ2) is 9.52. The first-order valence-electron chi connectivity index (χ1n) is 10.1. The second-order valence-electron chi connectivity index (χ2n) is 7.28. The second-order valence-corrected chi connectivity index (χ2v) is 7.28. The van der Waals surface area contributed by atoms with E-state index in [2.05, 4.69) is 10.6 Å². The number of carbonyl (C=O) groups is 2. The molecular formula is C23H29N3O4. The van der Waals surface area contributed by atoms with Crippen molar-refractivity contribution in [1.29, 1.82) is 0 Å². The van der Waals surface area contributed by atoms with Crippen LogP contribution in [-0.4, -0.2) is 50.7 Å². The molecule has 0 radical (unpaired) electrons. The van der Waals surface area contributed by atoms with Gasteiger partial charge < -0.3 is 25.0 Å². The topological polar surface area (TPSA) is 79.9 Å². The number of benzene rings is 2. The standard InChI is InChI=1S/C23H29N3O4/c1-5-24-23(28)26-11-10-17-12-20(29-3)21(30-4)13-18(17)19(26)14-25-22(27)16-8-6-15(2)7-9-16/h6-9,12-13,19H,5,10-11,14H2,1-4H3,(H,24,28)(H,25,27). The van der Waals surface area contributed by atoms with Gasteiger partial charge in [0.1, 0.15) is 0 Å². The van der Waals surface area contributed by atoms with Crippen LogP contribution >= 0.6 is 0 Å². The van der Waals surface area contributed by atoms with Gasteiger partial charge in [0.05, 0.1) is 20.3 Å². The smallest absolute Gasteiger partial charge is 0.317 e. The molecular weight excluding hydrogens is 382 g/mol. The molecule has 2 N–H and O–H groups in total. The van der Waals surface area contributed by atoms with Crippen molar-refractivity contribution in [3.05, 3.63) is 58.7 Å². The third kappa shape index (κ3) is 4.50. The minimum atomic E-state index is -0.311. The van der Waals surface area contributed by atoms with Gasteiger partial charge in [-0.2, -0.15) is 0 Å².